The molecule has 22 heavy (non-hydrogen) atoms. The van der Waals surface area contributed by atoms with Gasteiger partial charge in [-0.15, -0.1) is 0 Å². The fourth-order valence-electron chi connectivity index (χ4n) is 2.10. The van der Waals surface area contributed by atoms with Crippen molar-refractivity contribution in [1.82, 2.24) is 0 Å². The predicted molar refractivity (Wildman–Crippen MR) is 88.0 cm³/mol. The summed E-state index contributed by atoms with van der Waals surface area (Å²) in [5, 5.41) is 6.06. The van der Waals surface area contributed by atoms with Crippen LogP contribution in [0.3, 0.4) is 0 Å². The van der Waals surface area contributed by atoms with Gasteiger partial charge in [0.25, 0.3) is 0 Å². The lowest BCUT2D eigenvalue weighted by molar-refractivity contribution is 0.0636. The maximum Gasteiger partial charge on any atom is 0.412 e. The number of hydrogen-bond acceptors (Lipinski definition) is 4. The number of hydrogen-bond donors (Lipinski definition) is 2. The van der Waals surface area contributed by atoms with E-state index in [0.29, 0.717) is 5.69 Å². The van der Waals surface area contributed by atoms with Crippen LogP contribution >= 0.6 is 0 Å². The molecule has 1 atom stereocenters. The van der Waals surface area contributed by atoms with Gasteiger partial charge >= 0.3 is 6.09 Å². The molecule has 1 aliphatic heterocycles. The van der Waals surface area contributed by atoms with Crippen molar-refractivity contribution in [2.24, 2.45) is 0 Å². The van der Waals surface area contributed by atoms with Gasteiger partial charge in [-0.2, -0.15) is 0 Å². The molecule has 1 amide bonds. The van der Waals surface area contributed by atoms with Crippen molar-refractivity contribution >= 4 is 17.5 Å². The van der Waals surface area contributed by atoms with Crippen LogP contribution in [0.1, 0.15) is 33.6 Å². The van der Waals surface area contributed by atoms with Crippen molar-refractivity contribution in [3.05, 3.63) is 36.6 Å². The second-order valence-corrected chi connectivity index (χ2v) is 6.30. The van der Waals surface area contributed by atoms with E-state index < -0.39 is 11.7 Å². The van der Waals surface area contributed by atoms with Crippen LogP contribution in [0.2, 0.25) is 0 Å². The van der Waals surface area contributed by atoms with E-state index in [1.54, 1.807) is 6.26 Å². The number of rotatable bonds is 4. The Balaban J connectivity index is 1.86. The van der Waals surface area contributed by atoms with Gasteiger partial charge in [-0.05, 0) is 57.9 Å². The van der Waals surface area contributed by atoms with Crippen molar-refractivity contribution in [1.29, 1.82) is 0 Å². The second kappa shape index (κ2) is 7.20. The molecule has 0 fully saturated rings. The van der Waals surface area contributed by atoms with Crippen LogP contribution in [-0.4, -0.2) is 24.3 Å². The molecule has 1 unspecified atom stereocenters. The molecule has 2 N–H and O–H groups in total. The van der Waals surface area contributed by atoms with Crippen molar-refractivity contribution in [3.63, 3.8) is 0 Å². The Morgan fingerprint density at radius 2 is 2.14 bits per heavy atom. The fourth-order valence-corrected chi connectivity index (χ4v) is 2.10. The summed E-state index contributed by atoms with van der Waals surface area (Å²) < 4.78 is 10.8. The summed E-state index contributed by atoms with van der Waals surface area (Å²) in [5.41, 5.74) is 1.13. The minimum absolute atomic E-state index is 0.187. The van der Waals surface area contributed by atoms with E-state index >= 15 is 0 Å². The first-order valence-electron chi connectivity index (χ1n) is 7.57. The van der Waals surface area contributed by atoms with Crippen molar-refractivity contribution < 1.29 is 14.3 Å². The van der Waals surface area contributed by atoms with E-state index in [-0.39, 0.29) is 6.10 Å². The van der Waals surface area contributed by atoms with E-state index in [9.17, 15) is 4.79 Å². The van der Waals surface area contributed by atoms with Gasteiger partial charge in [0.2, 0.25) is 0 Å². The molecule has 1 heterocycles. The predicted octanol–water partition coefficient (Wildman–Crippen LogP) is 4.14. The van der Waals surface area contributed by atoms with Crippen molar-refractivity contribution in [2.75, 3.05) is 17.2 Å². The summed E-state index contributed by atoms with van der Waals surface area (Å²) >= 11 is 0. The van der Waals surface area contributed by atoms with Crippen molar-refractivity contribution in [3.8, 4) is 0 Å². The summed E-state index contributed by atoms with van der Waals surface area (Å²) in [6, 6.07) is 7.55. The monoisotopic (exact) mass is 304 g/mol. The third kappa shape index (κ3) is 5.68. The molecule has 1 aromatic rings. The molecule has 0 saturated heterocycles. The van der Waals surface area contributed by atoms with Gasteiger partial charge < -0.3 is 14.8 Å². The Morgan fingerprint density at radius 1 is 1.36 bits per heavy atom. The average Bonchev–Trinajstić information content (AvgIpc) is 2.44. The van der Waals surface area contributed by atoms with Gasteiger partial charge in [0.05, 0.1) is 12.8 Å². The molecule has 1 aromatic carbocycles. The van der Waals surface area contributed by atoms with E-state index in [0.717, 1.165) is 25.1 Å². The number of amides is 1. The van der Waals surface area contributed by atoms with Crippen molar-refractivity contribution in [2.45, 2.75) is 45.3 Å². The highest BCUT2D eigenvalue weighted by molar-refractivity contribution is 5.85. The summed E-state index contributed by atoms with van der Waals surface area (Å²) in [6.45, 7) is 6.25. The topological polar surface area (TPSA) is 59.6 Å². The third-order valence-corrected chi connectivity index (χ3v) is 3.06. The van der Waals surface area contributed by atoms with Crippen LogP contribution in [0.25, 0.3) is 0 Å². The molecule has 0 aliphatic carbocycles. The van der Waals surface area contributed by atoms with Gasteiger partial charge in [0, 0.05) is 11.4 Å². The van der Waals surface area contributed by atoms with Crippen LogP contribution in [0.5, 0.6) is 0 Å². The maximum absolute atomic E-state index is 11.8. The number of ether oxygens (including phenoxy) is 2. The zero-order valence-corrected chi connectivity index (χ0v) is 13.4. The van der Waals surface area contributed by atoms with Gasteiger partial charge in [0.1, 0.15) is 11.7 Å². The Bertz CT molecular complexity index is 535. The molecule has 0 spiro atoms. The van der Waals surface area contributed by atoms with Crippen LogP contribution in [0, 0.1) is 0 Å². The lowest BCUT2D eigenvalue weighted by Gasteiger charge is -2.21. The number of benzene rings is 1. The number of carbonyl (C=O) groups is 1. The smallest absolute Gasteiger partial charge is 0.412 e. The molecular weight excluding hydrogens is 280 g/mol. The first-order chi connectivity index (χ1) is 10.4. The minimum atomic E-state index is -0.508. The van der Waals surface area contributed by atoms with E-state index in [1.165, 1.54) is 0 Å². The third-order valence-electron chi connectivity index (χ3n) is 3.06. The SMILES string of the molecule is CC(C)(C)OC(=O)Nc1cccc(NCC2CCC=CO2)c1. The van der Waals surface area contributed by atoms with Gasteiger partial charge in [-0.25, -0.2) is 4.79 Å². The number of nitrogens with one attached hydrogen (secondary N) is 2. The highest BCUT2D eigenvalue weighted by atomic mass is 16.6. The van der Waals surface area contributed by atoms with Crippen LogP contribution < -0.4 is 10.6 Å². The molecule has 0 radical (unpaired) electrons. The molecule has 5 nitrogen and oxygen atoms in total. The van der Waals surface area contributed by atoms with Gasteiger partial charge in [-0.1, -0.05) is 6.07 Å². The largest absolute Gasteiger partial charge is 0.497 e. The average molecular weight is 304 g/mol. The molecule has 5 heteroatoms. The highest BCUT2D eigenvalue weighted by Gasteiger charge is 2.16. The van der Waals surface area contributed by atoms with Crippen LogP contribution in [-0.2, 0) is 9.47 Å². The first-order valence-corrected chi connectivity index (χ1v) is 7.57. The first kappa shape index (κ1) is 16.2. The Morgan fingerprint density at radius 3 is 2.82 bits per heavy atom. The van der Waals surface area contributed by atoms with E-state index in [4.69, 9.17) is 9.47 Å². The summed E-state index contributed by atoms with van der Waals surface area (Å²) in [7, 11) is 0. The number of carbonyl (C=O) groups excluding carboxylic acids is 1. The molecule has 2 rings (SSSR count). The lowest BCUT2D eigenvalue weighted by atomic mass is 10.1. The quantitative estimate of drug-likeness (QED) is 0.877. The highest BCUT2D eigenvalue weighted by Crippen LogP contribution is 2.18. The second-order valence-electron chi connectivity index (χ2n) is 6.30. The van der Waals surface area contributed by atoms with Gasteiger partial charge in [0.15, 0.2) is 0 Å². The van der Waals surface area contributed by atoms with Gasteiger partial charge in [-0.3, -0.25) is 5.32 Å². The van der Waals surface area contributed by atoms with Crippen LogP contribution in [0.15, 0.2) is 36.6 Å². The number of anilines is 2. The molecule has 0 bridgehead atoms. The molecule has 1 aliphatic rings. The standard InChI is InChI=1S/C17H24N2O3/c1-17(2,3)22-16(20)19-14-8-6-7-13(11-14)18-12-15-9-4-5-10-21-15/h5-8,10-11,15,18H,4,9,12H2,1-3H3,(H,19,20). The lowest BCUT2D eigenvalue weighted by Crippen LogP contribution is -2.27. The Hall–Kier alpha value is -2.17. The van der Waals surface area contributed by atoms with Crippen LogP contribution in [0.4, 0.5) is 16.2 Å². The Kier molecular flexibility index (Phi) is 5.31. The molecule has 0 saturated carbocycles. The van der Waals surface area contributed by atoms with E-state index in [2.05, 4.69) is 10.6 Å². The summed E-state index contributed by atoms with van der Waals surface area (Å²) in [6.07, 6.45) is 5.59. The summed E-state index contributed by atoms with van der Waals surface area (Å²) in [4.78, 5) is 11.8. The fraction of sp³-hybridized carbons (Fsp3) is 0.471. The summed E-state index contributed by atoms with van der Waals surface area (Å²) in [5.74, 6) is 0. The zero-order valence-electron chi connectivity index (χ0n) is 13.4. The van der Waals surface area contributed by atoms with E-state index in [1.807, 2.05) is 51.1 Å². The molecule has 0 aromatic heterocycles. The normalized spacial score (nSPS) is 17.5. The minimum Gasteiger partial charge on any atom is -0.497 e. The molecular formula is C17H24N2O3. The maximum atomic E-state index is 11.8. The zero-order chi connectivity index (χ0) is 16.0. The molecule has 120 valence electrons. The Labute approximate surface area is 131 Å². The number of allylic oxidation sites excluding steroid dienone is 1.